The van der Waals surface area contributed by atoms with Crippen LogP contribution in [0.4, 0.5) is 5.69 Å². The summed E-state index contributed by atoms with van der Waals surface area (Å²) < 4.78 is 5.10. The number of nitrogens with one attached hydrogen (secondary N) is 1. The van der Waals surface area contributed by atoms with Gasteiger partial charge in [0.1, 0.15) is 5.54 Å². The number of benzene rings is 1. The largest absolute Gasteiger partial charge is 0.452 e. The molecule has 1 aliphatic heterocycles. The molecule has 1 aliphatic rings. The number of esters is 1. The lowest BCUT2D eigenvalue weighted by Crippen LogP contribution is -2.50. The van der Waals surface area contributed by atoms with Crippen molar-refractivity contribution in [1.29, 1.82) is 5.26 Å². The Morgan fingerprint density at radius 1 is 1.38 bits per heavy atom. The second-order valence-electron chi connectivity index (χ2n) is 6.76. The second-order valence-corrected chi connectivity index (χ2v) is 6.76. The molecule has 1 heterocycles. The maximum atomic E-state index is 12.4. The molecule has 1 aromatic rings. The lowest BCUT2D eigenvalue weighted by Gasteiger charge is -2.27. The normalized spacial score (nSPS) is 16.1. The number of hydrogen-bond donors (Lipinski definition) is 1. The Balaban J connectivity index is 2.04. The van der Waals surface area contributed by atoms with Gasteiger partial charge in [0.15, 0.2) is 6.61 Å². The van der Waals surface area contributed by atoms with E-state index in [-0.39, 0.29) is 17.4 Å². The monoisotopic (exact) mass is 357 g/mol. The van der Waals surface area contributed by atoms with Crippen molar-refractivity contribution in [1.82, 2.24) is 5.32 Å². The van der Waals surface area contributed by atoms with E-state index in [1.807, 2.05) is 13.8 Å². The number of carbonyl (C=O) groups excluding carboxylic acids is 3. The van der Waals surface area contributed by atoms with Crippen LogP contribution in [0.25, 0.3) is 0 Å². The molecule has 1 N–H and O–H groups in total. The first-order chi connectivity index (χ1) is 12.3. The Morgan fingerprint density at radius 3 is 2.65 bits per heavy atom. The van der Waals surface area contributed by atoms with Gasteiger partial charge in [0, 0.05) is 13.0 Å². The minimum Gasteiger partial charge on any atom is -0.452 e. The molecule has 1 saturated heterocycles. The summed E-state index contributed by atoms with van der Waals surface area (Å²) in [7, 11) is 0. The fourth-order valence-electron chi connectivity index (χ4n) is 2.62. The molecule has 2 rings (SSSR count). The number of nitriles is 1. The highest BCUT2D eigenvalue weighted by atomic mass is 16.5. The highest BCUT2D eigenvalue weighted by molar-refractivity contribution is 6.03. The standard InChI is InChI=1S/C19H23N3O4/c1-13(2)19(3,12-20)21-16(23)11-26-18(25)14-7-4-5-8-15(14)22-10-6-9-17(22)24/h4-5,7-8,13H,6,9-11H2,1-3H3,(H,21,23)/t19-/m1/s1. The molecule has 26 heavy (non-hydrogen) atoms. The lowest BCUT2D eigenvalue weighted by molar-refractivity contribution is -0.125. The number of nitrogens with zero attached hydrogens (tertiary/aromatic N) is 2. The average Bonchev–Trinajstić information content (AvgIpc) is 3.05. The fourth-order valence-corrected chi connectivity index (χ4v) is 2.62. The van der Waals surface area contributed by atoms with E-state index in [0.717, 1.165) is 6.42 Å². The predicted molar refractivity (Wildman–Crippen MR) is 95.3 cm³/mol. The van der Waals surface area contributed by atoms with Crippen LogP contribution in [0.2, 0.25) is 0 Å². The van der Waals surface area contributed by atoms with Gasteiger partial charge in [-0.25, -0.2) is 4.79 Å². The van der Waals surface area contributed by atoms with E-state index in [9.17, 15) is 19.6 Å². The molecule has 0 spiro atoms. The van der Waals surface area contributed by atoms with E-state index in [0.29, 0.717) is 18.7 Å². The SMILES string of the molecule is CC(C)[C@@](C)(C#N)NC(=O)COC(=O)c1ccccc1N1CCCC1=O. The first kappa shape index (κ1) is 19.4. The Kier molecular flexibility index (Phi) is 5.98. The van der Waals surface area contributed by atoms with Crippen molar-refractivity contribution in [3.05, 3.63) is 29.8 Å². The van der Waals surface area contributed by atoms with Crippen molar-refractivity contribution >= 4 is 23.5 Å². The van der Waals surface area contributed by atoms with Crippen molar-refractivity contribution < 1.29 is 19.1 Å². The van der Waals surface area contributed by atoms with E-state index >= 15 is 0 Å². The first-order valence-electron chi connectivity index (χ1n) is 8.57. The zero-order chi connectivity index (χ0) is 19.3. The van der Waals surface area contributed by atoms with Gasteiger partial charge in [-0.3, -0.25) is 9.59 Å². The molecule has 1 fully saturated rings. The van der Waals surface area contributed by atoms with Crippen LogP contribution in [0.1, 0.15) is 44.0 Å². The molecule has 138 valence electrons. The van der Waals surface area contributed by atoms with E-state index in [4.69, 9.17) is 4.74 Å². The highest BCUT2D eigenvalue weighted by Gasteiger charge is 2.31. The van der Waals surface area contributed by atoms with E-state index < -0.39 is 24.0 Å². The predicted octanol–water partition coefficient (Wildman–Crippen LogP) is 2.02. The van der Waals surface area contributed by atoms with Gasteiger partial charge in [-0.15, -0.1) is 0 Å². The molecule has 0 unspecified atom stereocenters. The van der Waals surface area contributed by atoms with Crippen LogP contribution in [-0.2, 0) is 14.3 Å². The Labute approximate surface area is 152 Å². The van der Waals surface area contributed by atoms with Gasteiger partial charge in [-0.2, -0.15) is 5.26 Å². The average molecular weight is 357 g/mol. The minimum absolute atomic E-state index is 0.0373. The molecule has 0 aromatic heterocycles. The van der Waals surface area contributed by atoms with Crippen molar-refractivity contribution in [3.63, 3.8) is 0 Å². The third-order valence-corrected chi connectivity index (χ3v) is 4.61. The molecule has 0 saturated carbocycles. The topological polar surface area (TPSA) is 99.5 Å². The lowest BCUT2D eigenvalue weighted by atomic mass is 9.90. The third-order valence-electron chi connectivity index (χ3n) is 4.61. The van der Waals surface area contributed by atoms with Crippen LogP contribution in [0, 0.1) is 17.2 Å². The van der Waals surface area contributed by atoms with Gasteiger partial charge < -0.3 is 15.0 Å². The number of carbonyl (C=O) groups is 3. The maximum Gasteiger partial charge on any atom is 0.340 e. The van der Waals surface area contributed by atoms with E-state index in [2.05, 4.69) is 11.4 Å². The molecule has 7 nitrogen and oxygen atoms in total. The summed E-state index contributed by atoms with van der Waals surface area (Å²) in [6.45, 7) is 5.31. The number of anilines is 1. The summed E-state index contributed by atoms with van der Waals surface area (Å²) in [5, 5.41) is 11.8. The van der Waals surface area contributed by atoms with Gasteiger partial charge >= 0.3 is 5.97 Å². The summed E-state index contributed by atoms with van der Waals surface area (Å²) >= 11 is 0. The van der Waals surface area contributed by atoms with E-state index in [1.165, 1.54) is 0 Å². The molecular weight excluding hydrogens is 334 g/mol. The number of para-hydroxylation sites is 1. The Morgan fingerprint density at radius 2 is 2.08 bits per heavy atom. The number of amides is 2. The highest BCUT2D eigenvalue weighted by Crippen LogP contribution is 2.26. The Bertz CT molecular complexity index is 753. The van der Waals surface area contributed by atoms with Crippen molar-refractivity contribution in [2.24, 2.45) is 5.92 Å². The van der Waals surface area contributed by atoms with Crippen molar-refractivity contribution in [2.45, 2.75) is 39.2 Å². The van der Waals surface area contributed by atoms with Crippen molar-refractivity contribution in [3.8, 4) is 6.07 Å². The first-order valence-corrected chi connectivity index (χ1v) is 8.57. The molecule has 1 atom stereocenters. The fraction of sp³-hybridized carbons (Fsp3) is 0.474. The second kappa shape index (κ2) is 8.00. The summed E-state index contributed by atoms with van der Waals surface area (Å²) in [5.41, 5.74) is -0.310. The molecule has 0 bridgehead atoms. The van der Waals surface area contributed by atoms with Gasteiger partial charge in [0.25, 0.3) is 5.91 Å². The summed E-state index contributed by atoms with van der Waals surface area (Å²) in [4.78, 5) is 38.0. The van der Waals surface area contributed by atoms with E-state index in [1.54, 1.807) is 36.1 Å². The van der Waals surface area contributed by atoms with Gasteiger partial charge in [-0.1, -0.05) is 26.0 Å². The van der Waals surface area contributed by atoms with Crippen LogP contribution in [-0.4, -0.2) is 36.5 Å². The molecule has 2 amide bonds. The van der Waals surface area contributed by atoms with Gasteiger partial charge in [0.2, 0.25) is 5.91 Å². The number of ether oxygens (including phenoxy) is 1. The zero-order valence-electron chi connectivity index (χ0n) is 15.2. The summed E-state index contributed by atoms with van der Waals surface area (Å²) in [6.07, 6.45) is 1.19. The zero-order valence-corrected chi connectivity index (χ0v) is 15.2. The van der Waals surface area contributed by atoms with Crippen LogP contribution in [0.15, 0.2) is 24.3 Å². The minimum atomic E-state index is -1.04. The smallest absolute Gasteiger partial charge is 0.340 e. The number of hydrogen-bond acceptors (Lipinski definition) is 5. The van der Waals surface area contributed by atoms with Gasteiger partial charge in [0.05, 0.1) is 17.3 Å². The third kappa shape index (κ3) is 4.20. The summed E-state index contributed by atoms with van der Waals surface area (Å²) in [6, 6.07) is 8.73. The quantitative estimate of drug-likeness (QED) is 0.785. The maximum absolute atomic E-state index is 12.4. The van der Waals surface area contributed by atoms with Crippen LogP contribution >= 0.6 is 0 Å². The van der Waals surface area contributed by atoms with Crippen molar-refractivity contribution in [2.75, 3.05) is 18.1 Å². The molecule has 0 radical (unpaired) electrons. The molecule has 0 aliphatic carbocycles. The molecule has 1 aromatic carbocycles. The van der Waals surface area contributed by atoms with Crippen LogP contribution in [0.5, 0.6) is 0 Å². The number of rotatable bonds is 6. The Hall–Kier alpha value is -2.88. The summed E-state index contributed by atoms with van der Waals surface area (Å²) in [5.74, 6) is -1.37. The molecule has 7 heteroatoms. The van der Waals surface area contributed by atoms with Crippen LogP contribution < -0.4 is 10.2 Å². The molecular formula is C19H23N3O4. The van der Waals surface area contributed by atoms with Crippen LogP contribution in [0.3, 0.4) is 0 Å². The van der Waals surface area contributed by atoms with Gasteiger partial charge in [-0.05, 0) is 31.4 Å².